The minimum atomic E-state index is -0.980. The Balaban J connectivity index is 2.02. The van der Waals surface area contributed by atoms with Gasteiger partial charge in [-0.25, -0.2) is 4.79 Å². The number of hydrogen-bond donors (Lipinski definition) is 2. The Morgan fingerprint density at radius 3 is 2.25 bits per heavy atom. The number of hydrogen-bond acceptors (Lipinski definition) is 4. The van der Waals surface area contributed by atoms with Gasteiger partial charge in [-0.1, -0.05) is 0 Å². The van der Waals surface area contributed by atoms with Crippen molar-refractivity contribution >= 4 is 35.2 Å². The van der Waals surface area contributed by atoms with Crippen molar-refractivity contribution in [3.8, 4) is 0 Å². The normalized spacial score (nSPS) is 16.1. The molecule has 1 aliphatic carbocycles. The van der Waals surface area contributed by atoms with Gasteiger partial charge in [-0.05, 0) is 51.0 Å². The van der Waals surface area contributed by atoms with Crippen molar-refractivity contribution in [1.29, 1.82) is 0 Å². The van der Waals surface area contributed by atoms with Crippen LogP contribution in [0.4, 0.5) is 5.69 Å². The van der Waals surface area contributed by atoms with Crippen LogP contribution in [0.1, 0.15) is 33.6 Å². The summed E-state index contributed by atoms with van der Waals surface area (Å²) in [5.74, 6) is -1.27. The second-order valence-corrected chi connectivity index (χ2v) is 7.37. The molecule has 2 atom stereocenters. The summed E-state index contributed by atoms with van der Waals surface area (Å²) >= 11 is 1.39. The van der Waals surface area contributed by atoms with Gasteiger partial charge in [0.1, 0.15) is 6.04 Å². The fourth-order valence-corrected chi connectivity index (χ4v) is 3.37. The number of anilines is 1. The number of carbonyl (C=O) groups is 3. The molecule has 130 valence electrons. The van der Waals surface area contributed by atoms with Gasteiger partial charge in [0.05, 0.1) is 5.25 Å². The maximum absolute atomic E-state index is 12.7. The molecule has 7 heteroatoms. The molecule has 1 aliphatic rings. The Labute approximate surface area is 145 Å². The summed E-state index contributed by atoms with van der Waals surface area (Å²) in [6, 6.07) is 6.46. The number of aliphatic carboxylic acids is 1. The molecular formula is C17H22N2O4S. The topological polar surface area (TPSA) is 86.7 Å². The van der Waals surface area contributed by atoms with Gasteiger partial charge in [-0.3, -0.25) is 9.59 Å². The monoisotopic (exact) mass is 350 g/mol. The molecule has 24 heavy (non-hydrogen) atoms. The van der Waals surface area contributed by atoms with Gasteiger partial charge in [0.15, 0.2) is 0 Å². The molecule has 0 aliphatic heterocycles. The van der Waals surface area contributed by atoms with E-state index < -0.39 is 12.0 Å². The molecule has 0 heterocycles. The number of nitrogens with zero attached hydrogens (tertiary/aromatic N) is 1. The number of carboxylic acid groups (broad SMARTS) is 1. The predicted molar refractivity (Wildman–Crippen MR) is 93.0 cm³/mol. The van der Waals surface area contributed by atoms with Gasteiger partial charge in [-0.2, -0.15) is 0 Å². The Bertz CT molecular complexity index is 628. The maximum Gasteiger partial charge on any atom is 0.326 e. The molecule has 1 saturated carbocycles. The molecular weight excluding hydrogens is 328 g/mol. The van der Waals surface area contributed by atoms with Crippen molar-refractivity contribution in [2.24, 2.45) is 0 Å². The van der Waals surface area contributed by atoms with Gasteiger partial charge < -0.3 is 15.3 Å². The van der Waals surface area contributed by atoms with Crippen molar-refractivity contribution < 1.29 is 19.5 Å². The third-order valence-electron chi connectivity index (χ3n) is 3.80. The van der Waals surface area contributed by atoms with Crippen molar-refractivity contribution in [3.05, 3.63) is 24.3 Å². The zero-order chi connectivity index (χ0) is 17.9. The molecule has 1 aromatic rings. The maximum atomic E-state index is 12.7. The average molecular weight is 350 g/mol. The first-order chi connectivity index (χ1) is 11.3. The van der Waals surface area contributed by atoms with E-state index >= 15 is 0 Å². The summed E-state index contributed by atoms with van der Waals surface area (Å²) in [5, 5.41) is 11.5. The molecule has 6 nitrogen and oxygen atoms in total. The summed E-state index contributed by atoms with van der Waals surface area (Å²) in [6.07, 6.45) is 1.73. The van der Waals surface area contributed by atoms with E-state index in [9.17, 15) is 19.5 Å². The highest BCUT2D eigenvalue weighted by Gasteiger charge is 2.40. The lowest BCUT2D eigenvalue weighted by Gasteiger charge is -2.29. The lowest BCUT2D eigenvalue weighted by Crippen LogP contribution is -2.47. The van der Waals surface area contributed by atoms with Crippen molar-refractivity contribution in [2.45, 2.75) is 55.8 Å². The molecule has 0 radical (unpaired) electrons. The van der Waals surface area contributed by atoms with E-state index in [1.165, 1.54) is 23.6 Å². The summed E-state index contributed by atoms with van der Waals surface area (Å²) in [6.45, 7) is 4.79. The van der Waals surface area contributed by atoms with Gasteiger partial charge in [-0.15, -0.1) is 11.8 Å². The minimum Gasteiger partial charge on any atom is -0.480 e. The molecule has 2 rings (SSSR count). The quantitative estimate of drug-likeness (QED) is 0.738. The Kier molecular flexibility index (Phi) is 5.88. The third kappa shape index (κ3) is 4.74. The zero-order valence-corrected chi connectivity index (χ0v) is 14.8. The second kappa shape index (κ2) is 7.70. The zero-order valence-electron chi connectivity index (χ0n) is 14.0. The highest BCUT2D eigenvalue weighted by atomic mass is 32.2. The van der Waals surface area contributed by atoms with Gasteiger partial charge >= 0.3 is 5.97 Å². The number of thioether (sulfide) groups is 1. The SMILES string of the molecule is CC(=O)Nc1ccc(SC(C)C(=O)N(C2CC2)C(C)C(=O)O)cc1. The van der Waals surface area contributed by atoms with Crippen molar-refractivity contribution in [1.82, 2.24) is 4.90 Å². The van der Waals surface area contributed by atoms with Crippen LogP contribution >= 0.6 is 11.8 Å². The third-order valence-corrected chi connectivity index (χ3v) is 4.90. The number of nitrogens with one attached hydrogen (secondary N) is 1. The Morgan fingerprint density at radius 1 is 1.21 bits per heavy atom. The van der Waals surface area contributed by atoms with Crippen LogP contribution < -0.4 is 5.32 Å². The van der Waals surface area contributed by atoms with Crippen LogP contribution in [-0.2, 0) is 14.4 Å². The lowest BCUT2D eigenvalue weighted by molar-refractivity contribution is -0.149. The van der Waals surface area contributed by atoms with Crippen molar-refractivity contribution in [3.63, 3.8) is 0 Å². The van der Waals surface area contributed by atoms with E-state index in [4.69, 9.17) is 0 Å². The number of amides is 2. The van der Waals surface area contributed by atoms with Crippen LogP contribution in [-0.4, -0.2) is 45.1 Å². The van der Waals surface area contributed by atoms with Gasteiger partial charge in [0.25, 0.3) is 0 Å². The smallest absolute Gasteiger partial charge is 0.326 e. The van der Waals surface area contributed by atoms with Crippen LogP contribution in [0.15, 0.2) is 29.2 Å². The van der Waals surface area contributed by atoms with Crippen LogP contribution in [0.25, 0.3) is 0 Å². The van der Waals surface area contributed by atoms with E-state index in [1.54, 1.807) is 26.0 Å². The van der Waals surface area contributed by atoms with E-state index in [1.807, 2.05) is 12.1 Å². The first-order valence-corrected chi connectivity index (χ1v) is 8.77. The molecule has 0 bridgehead atoms. The molecule has 2 unspecified atom stereocenters. The first kappa shape index (κ1) is 18.3. The molecule has 2 amide bonds. The van der Waals surface area contributed by atoms with Crippen LogP contribution in [0.3, 0.4) is 0 Å². The number of rotatable bonds is 7. The minimum absolute atomic E-state index is 0.0498. The largest absolute Gasteiger partial charge is 0.480 e. The molecule has 1 fully saturated rings. The van der Waals surface area contributed by atoms with Crippen LogP contribution in [0, 0.1) is 0 Å². The van der Waals surface area contributed by atoms with Crippen LogP contribution in [0.2, 0.25) is 0 Å². The number of benzene rings is 1. The van der Waals surface area contributed by atoms with Crippen molar-refractivity contribution in [2.75, 3.05) is 5.32 Å². The van der Waals surface area contributed by atoms with Gasteiger partial charge in [0, 0.05) is 23.5 Å². The molecule has 0 saturated heterocycles. The Morgan fingerprint density at radius 2 is 1.79 bits per heavy atom. The van der Waals surface area contributed by atoms with Gasteiger partial charge in [0.2, 0.25) is 11.8 Å². The van der Waals surface area contributed by atoms with E-state index in [0.29, 0.717) is 5.69 Å². The predicted octanol–water partition coefficient (Wildman–Crippen LogP) is 2.59. The average Bonchev–Trinajstić information content (AvgIpc) is 3.33. The lowest BCUT2D eigenvalue weighted by atomic mass is 10.2. The number of carbonyl (C=O) groups excluding carboxylic acids is 2. The summed E-state index contributed by atoms with van der Waals surface area (Å²) < 4.78 is 0. The number of carboxylic acids is 1. The standard InChI is InChI=1S/C17H22N2O4S/c1-10(17(22)23)19(14-6-7-14)16(21)11(2)24-15-8-4-13(5-9-15)18-12(3)20/h4-5,8-11,14H,6-7H2,1-3H3,(H,18,20)(H,22,23). The first-order valence-electron chi connectivity index (χ1n) is 7.89. The van der Waals surface area contributed by atoms with E-state index in [2.05, 4.69) is 5.32 Å². The Hall–Kier alpha value is -2.02. The highest BCUT2D eigenvalue weighted by Crippen LogP contribution is 2.33. The molecule has 1 aromatic carbocycles. The fraction of sp³-hybridized carbons (Fsp3) is 0.471. The van der Waals surface area contributed by atoms with Crippen LogP contribution in [0.5, 0.6) is 0 Å². The highest BCUT2D eigenvalue weighted by molar-refractivity contribution is 8.00. The summed E-state index contributed by atoms with van der Waals surface area (Å²) in [4.78, 5) is 37.3. The van der Waals surface area contributed by atoms with E-state index in [-0.39, 0.29) is 23.1 Å². The molecule has 0 aromatic heterocycles. The second-order valence-electron chi connectivity index (χ2n) is 5.96. The molecule has 2 N–H and O–H groups in total. The summed E-state index contributed by atoms with van der Waals surface area (Å²) in [5.41, 5.74) is 0.699. The molecule has 0 spiro atoms. The summed E-state index contributed by atoms with van der Waals surface area (Å²) in [7, 11) is 0. The van der Waals surface area contributed by atoms with E-state index in [0.717, 1.165) is 17.7 Å². The fourth-order valence-electron chi connectivity index (χ4n) is 2.44.